The number of benzene rings is 1. The van der Waals surface area contributed by atoms with E-state index in [1.165, 1.54) is 0 Å². The summed E-state index contributed by atoms with van der Waals surface area (Å²) in [6, 6.07) is 9.94. The highest BCUT2D eigenvalue weighted by molar-refractivity contribution is 7.16. The Bertz CT molecular complexity index is 996. The molecule has 0 saturated carbocycles. The van der Waals surface area contributed by atoms with Crippen LogP contribution in [-0.2, 0) is 0 Å². The molecular weight excluding hydrogens is 384 g/mol. The second-order valence-electron chi connectivity index (χ2n) is 6.70. The van der Waals surface area contributed by atoms with Gasteiger partial charge in [0.2, 0.25) is 0 Å². The lowest BCUT2D eigenvalue weighted by Crippen LogP contribution is -2.44. The summed E-state index contributed by atoms with van der Waals surface area (Å²) in [4.78, 5) is 16.9. The van der Waals surface area contributed by atoms with Gasteiger partial charge in [0.05, 0.1) is 7.11 Å². The quantitative estimate of drug-likeness (QED) is 0.646. The molecule has 0 unspecified atom stereocenters. The fourth-order valence-corrected chi connectivity index (χ4v) is 3.85. The number of ether oxygens (including phenoxy) is 1. The van der Waals surface area contributed by atoms with Crippen LogP contribution < -0.4 is 20.3 Å². The van der Waals surface area contributed by atoms with Gasteiger partial charge in [0.25, 0.3) is 0 Å². The van der Waals surface area contributed by atoms with Crippen LogP contribution >= 0.6 is 11.3 Å². The second-order valence-corrected chi connectivity index (χ2v) is 7.76. The molecule has 3 heterocycles. The standard InChI is InChI=1S/C21H24N6OS/c1-15-24-19(13-20(25-15)27-10-8-22-9-11-27)26-21-23-14-18(29-21)7-6-16-4-3-5-17(12-16)28-2/h3-7,12-14,22H,8-11H2,1-2H3,(H,23,24,25,26)/b7-6+. The van der Waals surface area contributed by atoms with Crippen molar-refractivity contribution in [1.82, 2.24) is 20.3 Å². The molecule has 1 aliphatic heterocycles. The second kappa shape index (κ2) is 9.02. The highest BCUT2D eigenvalue weighted by atomic mass is 32.1. The van der Waals surface area contributed by atoms with Crippen molar-refractivity contribution in [1.29, 1.82) is 0 Å². The van der Waals surface area contributed by atoms with E-state index in [9.17, 15) is 0 Å². The Labute approximate surface area is 174 Å². The molecule has 2 N–H and O–H groups in total. The number of thiazole rings is 1. The fourth-order valence-electron chi connectivity index (χ4n) is 3.13. The summed E-state index contributed by atoms with van der Waals surface area (Å²) in [7, 11) is 1.67. The Balaban J connectivity index is 1.46. The fraction of sp³-hybridized carbons (Fsp3) is 0.286. The number of piperazine rings is 1. The first-order valence-electron chi connectivity index (χ1n) is 9.56. The number of nitrogens with one attached hydrogen (secondary N) is 2. The van der Waals surface area contributed by atoms with Gasteiger partial charge in [0, 0.05) is 43.3 Å². The largest absolute Gasteiger partial charge is 0.497 e. The van der Waals surface area contributed by atoms with E-state index >= 15 is 0 Å². The summed E-state index contributed by atoms with van der Waals surface area (Å²) >= 11 is 1.58. The monoisotopic (exact) mass is 408 g/mol. The van der Waals surface area contributed by atoms with E-state index in [4.69, 9.17) is 4.74 Å². The predicted octanol–water partition coefficient (Wildman–Crippen LogP) is 3.57. The van der Waals surface area contributed by atoms with Crippen LogP contribution in [0.2, 0.25) is 0 Å². The average molecular weight is 409 g/mol. The highest BCUT2D eigenvalue weighted by Gasteiger charge is 2.14. The first kappa shape index (κ1) is 19.4. The Morgan fingerprint density at radius 1 is 1.17 bits per heavy atom. The zero-order valence-electron chi connectivity index (χ0n) is 16.6. The molecule has 7 nitrogen and oxygen atoms in total. The van der Waals surface area contributed by atoms with E-state index < -0.39 is 0 Å². The van der Waals surface area contributed by atoms with Crippen LogP contribution in [-0.4, -0.2) is 48.2 Å². The molecular formula is C21H24N6OS. The van der Waals surface area contributed by atoms with Crippen LogP contribution in [0, 0.1) is 6.92 Å². The summed E-state index contributed by atoms with van der Waals surface area (Å²) in [6.07, 6.45) is 5.96. The van der Waals surface area contributed by atoms with Gasteiger partial charge in [0.15, 0.2) is 5.13 Å². The van der Waals surface area contributed by atoms with E-state index in [-0.39, 0.29) is 0 Å². The van der Waals surface area contributed by atoms with Crippen LogP contribution in [0.4, 0.5) is 16.8 Å². The topological polar surface area (TPSA) is 75.2 Å². The molecule has 0 amide bonds. The van der Waals surface area contributed by atoms with Gasteiger partial charge in [-0.3, -0.25) is 0 Å². The van der Waals surface area contributed by atoms with Crippen LogP contribution in [0.15, 0.2) is 36.5 Å². The lowest BCUT2D eigenvalue weighted by Gasteiger charge is -2.28. The minimum absolute atomic E-state index is 0.748. The van der Waals surface area contributed by atoms with Crippen molar-refractivity contribution in [2.45, 2.75) is 6.92 Å². The lowest BCUT2D eigenvalue weighted by atomic mass is 10.2. The van der Waals surface area contributed by atoms with Gasteiger partial charge in [0.1, 0.15) is 23.2 Å². The van der Waals surface area contributed by atoms with Crippen molar-refractivity contribution in [3.63, 3.8) is 0 Å². The van der Waals surface area contributed by atoms with Crippen molar-refractivity contribution in [3.8, 4) is 5.75 Å². The van der Waals surface area contributed by atoms with Crippen molar-refractivity contribution in [3.05, 3.63) is 52.8 Å². The maximum atomic E-state index is 5.27. The smallest absolute Gasteiger partial charge is 0.188 e. The number of aromatic nitrogens is 3. The molecule has 0 radical (unpaired) electrons. The third-order valence-corrected chi connectivity index (χ3v) is 5.44. The van der Waals surface area contributed by atoms with Crippen molar-refractivity contribution < 1.29 is 4.74 Å². The van der Waals surface area contributed by atoms with Crippen molar-refractivity contribution in [2.24, 2.45) is 0 Å². The normalized spacial score (nSPS) is 14.3. The van der Waals surface area contributed by atoms with E-state index in [0.717, 1.165) is 65.0 Å². The van der Waals surface area contributed by atoms with Crippen LogP contribution in [0.5, 0.6) is 5.75 Å². The minimum atomic E-state index is 0.748. The molecule has 1 saturated heterocycles. The molecule has 3 aromatic rings. The molecule has 1 aliphatic rings. The number of aryl methyl sites for hydroxylation is 1. The Hall–Kier alpha value is -2.97. The van der Waals surface area contributed by atoms with Gasteiger partial charge in [-0.05, 0) is 30.7 Å². The van der Waals surface area contributed by atoms with Gasteiger partial charge >= 0.3 is 0 Å². The molecule has 0 atom stereocenters. The van der Waals surface area contributed by atoms with Gasteiger partial charge in [-0.1, -0.05) is 29.5 Å². The molecule has 2 aromatic heterocycles. The molecule has 29 heavy (non-hydrogen) atoms. The average Bonchev–Trinajstić information content (AvgIpc) is 3.20. The summed E-state index contributed by atoms with van der Waals surface area (Å²) < 4.78 is 5.27. The molecule has 8 heteroatoms. The summed E-state index contributed by atoms with van der Waals surface area (Å²) in [6.45, 7) is 5.77. The lowest BCUT2D eigenvalue weighted by molar-refractivity contribution is 0.414. The molecule has 4 rings (SSSR count). The molecule has 1 fully saturated rings. The molecule has 150 valence electrons. The number of hydrogen-bond acceptors (Lipinski definition) is 8. The van der Waals surface area contributed by atoms with E-state index in [0.29, 0.717) is 0 Å². The Kier molecular flexibility index (Phi) is 6.02. The predicted molar refractivity (Wildman–Crippen MR) is 119 cm³/mol. The Morgan fingerprint density at radius 2 is 2.03 bits per heavy atom. The van der Waals surface area contributed by atoms with Crippen molar-refractivity contribution in [2.75, 3.05) is 43.5 Å². The van der Waals surface area contributed by atoms with Gasteiger partial charge in [-0.25, -0.2) is 15.0 Å². The zero-order valence-corrected chi connectivity index (χ0v) is 17.4. The maximum absolute atomic E-state index is 5.27. The highest BCUT2D eigenvalue weighted by Crippen LogP contribution is 2.25. The van der Waals surface area contributed by atoms with Crippen LogP contribution in [0.3, 0.4) is 0 Å². The zero-order chi connectivity index (χ0) is 20.1. The first-order valence-corrected chi connectivity index (χ1v) is 10.4. The maximum Gasteiger partial charge on any atom is 0.188 e. The Morgan fingerprint density at radius 3 is 2.86 bits per heavy atom. The molecule has 0 aliphatic carbocycles. The third kappa shape index (κ3) is 5.10. The van der Waals surface area contributed by atoms with Crippen LogP contribution in [0.25, 0.3) is 12.2 Å². The molecule has 0 spiro atoms. The van der Waals surface area contributed by atoms with Gasteiger partial charge < -0.3 is 20.3 Å². The van der Waals surface area contributed by atoms with Crippen molar-refractivity contribution >= 4 is 40.3 Å². The SMILES string of the molecule is COc1cccc(/C=C/c2cnc(Nc3cc(N4CCNCC4)nc(C)n3)s2)c1. The number of anilines is 3. The number of methoxy groups -OCH3 is 1. The molecule has 1 aromatic carbocycles. The summed E-state index contributed by atoms with van der Waals surface area (Å²) in [5, 5.41) is 7.49. The van der Waals surface area contributed by atoms with Gasteiger partial charge in [-0.2, -0.15) is 0 Å². The minimum Gasteiger partial charge on any atom is -0.497 e. The van der Waals surface area contributed by atoms with Crippen LogP contribution in [0.1, 0.15) is 16.3 Å². The third-order valence-electron chi connectivity index (χ3n) is 4.56. The number of nitrogens with zero attached hydrogens (tertiary/aromatic N) is 4. The summed E-state index contributed by atoms with van der Waals surface area (Å²) in [5.41, 5.74) is 1.08. The van der Waals surface area contributed by atoms with Gasteiger partial charge in [-0.15, -0.1) is 0 Å². The van der Waals surface area contributed by atoms with E-state index in [2.05, 4.69) is 42.6 Å². The number of hydrogen-bond donors (Lipinski definition) is 2. The summed E-state index contributed by atoms with van der Waals surface area (Å²) in [5.74, 6) is 3.32. The number of rotatable bonds is 6. The van der Waals surface area contributed by atoms with E-state index in [1.54, 1.807) is 18.4 Å². The first-order chi connectivity index (χ1) is 14.2. The molecule has 0 bridgehead atoms. The van der Waals surface area contributed by atoms with E-state index in [1.807, 2.05) is 43.5 Å².